The maximum Gasteiger partial charge on any atom is 0.287 e. The van der Waals surface area contributed by atoms with Gasteiger partial charge in [-0.2, -0.15) is 0 Å². The third-order valence-electron chi connectivity index (χ3n) is 3.61. The summed E-state index contributed by atoms with van der Waals surface area (Å²) in [4.78, 5) is 16.7. The minimum atomic E-state index is -0.214. The lowest BCUT2D eigenvalue weighted by Gasteiger charge is -2.08. The van der Waals surface area contributed by atoms with Gasteiger partial charge in [-0.3, -0.25) is 4.79 Å². The Balaban J connectivity index is 1.69. The summed E-state index contributed by atoms with van der Waals surface area (Å²) in [5.41, 5.74) is 2.14. The number of benzene rings is 1. The Labute approximate surface area is 142 Å². The lowest BCUT2D eigenvalue weighted by atomic mass is 10.3. The fourth-order valence-electron chi connectivity index (χ4n) is 2.60. The van der Waals surface area contributed by atoms with Crippen LogP contribution in [0.2, 0.25) is 0 Å². The first-order chi connectivity index (χ1) is 11.2. The molecule has 23 heavy (non-hydrogen) atoms. The van der Waals surface area contributed by atoms with E-state index in [0.29, 0.717) is 23.4 Å². The highest BCUT2D eigenvalue weighted by atomic mass is 79.9. The first-order valence-electron chi connectivity index (χ1n) is 7.66. The molecule has 0 radical (unpaired) electrons. The summed E-state index contributed by atoms with van der Waals surface area (Å²) in [5, 5.41) is 2.87. The number of halogens is 1. The Morgan fingerprint density at radius 2 is 2.13 bits per heavy atom. The predicted molar refractivity (Wildman–Crippen MR) is 92.5 cm³/mol. The molecule has 6 heteroatoms. The lowest BCUT2D eigenvalue weighted by molar-refractivity contribution is 0.0925. The molecular weight excluding hydrogens is 358 g/mol. The largest absolute Gasteiger partial charge is 0.444 e. The zero-order valence-electron chi connectivity index (χ0n) is 12.9. The molecule has 0 spiro atoms. The Morgan fingerprint density at radius 1 is 1.30 bits per heavy atom. The molecule has 5 nitrogen and oxygen atoms in total. The average Bonchev–Trinajstić information content (AvgIpc) is 3.12. The first kappa shape index (κ1) is 15.8. The summed E-state index contributed by atoms with van der Waals surface area (Å²) in [5.74, 6) is 1.08. The third-order valence-corrected chi connectivity index (χ3v) is 4.04. The highest BCUT2D eigenvalue weighted by Crippen LogP contribution is 2.17. The number of imidazole rings is 1. The molecule has 2 heterocycles. The van der Waals surface area contributed by atoms with Gasteiger partial charge in [-0.1, -0.05) is 19.1 Å². The van der Waals surface area contributed by atoms with Gasteiger partial charge in [-0.25, -0.2) is 4.98 Å². The first-order valence-corrected chi connectivity index (χ1v) is 8.46. The van der Waals surface area contributed by atoms with Gasteiger partial charge in [0.1, 0.15) is 5.82 Å². The molecule has 0 aliphatic heterocycles. The lowest BCUT2D eigenvalue weighted by Crippen LogP contribution is -2.26. The van der Waals surface area contributed by atoms with Crippen LogP contribution >= 0.6 is 15.9 Å². The molecule has 1 aromatic carbocycles. The van der Waals surface area contributed by atoms with E-state index < -0.39 is 0 Å². The normalized spacial score (nSPS) is 11.0. The zero-order valence-corrected chi connectivity index (χ0v) is 14.5. The van der Waals surface area contributed by atoms with Crippen LogP contribution in [-0.4, -0.2) is 22.0 Å². The van der Waals surface area contributed by atoms with Crippen molar-refractivity contribution in [1.82, 2.24) is 14.9 Å². The van der Waals surface area contributed by atoms with Crippen molar-refractivity contribution in [2.24, 2.45) is 0 Å². The molecule has 0 unspecified atom stereocenters. The molecule has 0 aliphatic rings. The summed E-state index contributed by atoms with van der Waals surface area (Å²) in [6.45, 7) is 3.59. The van der Waals surface area contributed by atoms with E-state index in [1.165, 1.54) is 0 Å². The van der Waals surface area contributed by atoms with Crippen LogP contribution in [0.1, 0.15) is 29.7 Å². The number of rotatable bonds is 6. The number of hydrogen-bond donors (Lipinski definition) is 1. The predicted octanol–water partition coefficient (Wildman–Crippen LogP) is 3.77. The van der Waals surface area contributed by atoms with Crippen LogP contribution in [0, 0.1) is 0 Å². The van der Waals surface area contributed by atoms with Crippen LogP contribution in [0.15, 0.2) is 45.5 Å². The van der Waals surface area contributed by atoms with E-state index >= 15 is 0 Å². The molecule has 3 aromatic rings. The van der Waals surface area contributed by atoms with Crippen LogP contribution < -0.4 is 5.32 Å². The van der Waals surface area contributed by atoms with Crippen molar-refractivity contribution in [1.29, 1.82) is 0 Å². The summed E-state index contributed by atoms with van der Waals surface area (Å²) < 4.78 is 8.02. The number of carbonyl (C=O) groups is 1. The second-order valence-electron chi connectivity index (χ2n) is 5.28. The van der Waals surface area contributed by atoms with Crippen molar-refractivity contribution in [3.63, 3.8) is 0 Å². The zero-order chi connectivity index (χ0) is 16.2. The molecular formula is C17H18BrN3O2. The Kier molecular flexibility index (Phi) is 4.81. The number of aryl methyl sites for hydroxylation is 1. The molecule has 0 saturated carbocycles. The fourth-order valence-corrected chi connectivity index (χ4v) is 2.91. The third kappa shape index (κ3) is 3.47. The van der Waals surface area contributed by atoms with Crippen LogP contribution in [0.3, 0.4) is 0 Å². The summed E-state index contributed by atoms with van der Waals surface area (Å²) in [7, 11) is 0. The number of fused-ring (bicyclic) bond motifs is 1. The molecule has 0 bridgehead atoms. The van der Waals surface area contributed by atoms with Crippen LogP contribution in [0.5, 0.6) is 0 Å². The second-order valence-corrected chi connectivity index (χ2v) is 6.06. The van der Waals surface area contributed by atoms with Gasteiger partial charge in [0.05, 0.1) is 11.0 Å². The maximum atomic E-state index is 12.0. The summed E-state index contributed by atoms with van der Waals surface area (Å²) in [6.07, 6.45) is 1.72. The number of nitrogens with zero attached hydrogens (tertiary/aromatic N) is 2. The number of aromatic nitrogens is 2. The summed E-state index contributed by atoms with van der Waals surface area (Å²) >= 11 is 3.19. The molecule has 0 aliphatic carbocycles. The van der Waals surface area contributed by atoms with Gasteiger partial charge < -0.3 is 14.3 Å². The Bertz CT molecular complexity index is 822. The van der Waals surface area contributed by atoms with Crippen molar-refractivity contribution in [2.75, 3.05) is 6.54 Å². The van der Waals surface area contributed by atoms with E-state index in [0.717, 1.165) is 29.8 Å². The van der Waals surface area contributed by atoms with Crippen molar-refractivity contribution in [2.45, 2.75) is 26.3 Å². The molecule has 1 N–H and O–H groups in total. The average molecular weight is 376 g/mol. The molecule has 0 saturated heterocycles. The number of para-hydroxylation sites is 2. The van der Waals surface area contributed by atoms with Gasteiger partial charge in [0.15, 0.2) is 10.4 Å². The standard InChI is InChI=1S/C17H18BrN3O2/c1-2-11-21-13-6-4-3-5-12(13)20-16(21)9-10-19-17(22)14-7-8-15(18)23-14/h3-8H,2,9-11H2,1H3,(H,19,22). The Morgan fingerprint density at radius 3 is 2.87 bits per heavy atom. The topological polar surface area (TPSA) is 60.1 Å². The highest BCUT2D eigenvalue weighted by Gasteiger charge is 2.12. The van der Waals surface area contributed by atoms with E-state index in [1.54, 1.807) is 12.1 Å². The van der Waals surface area contributed by atoms with E-state index in [4.69, 9.17) is 4.42 Å². The molecule has 1 amide bonds. The molecule has 3 rings (SSSR count). The van der Waals surface area contributed by atoms with Crippen LogP contribution in [-0.2, 0) is 13.0 Å². The van der Waals surface area contributed by atoms with Gasteiger partial charge in [-0.05, 0) is 46.6 Å². The summed E-state index contributed by atoms with van der Waals surface area (Å²) in [6, 6.07) is 11.5. The van der Waals surface area contributed by atoms with E-state index in [2.05, 4.69) is 43.8 Å². The number of amides is 1. The SMILES string of the molecule is CCCn1c(CCNC(=O)c2ccc(Br)o2)nc2ccccc21. The van der Waals surface area contributed by atoms with Crippen LogP contribution in [0.4, 0.5) is 0 Å². The Hall–Kier alpha value is -2.08. The number of furan rings is 1. The second kappa shape index (κ2) is 7.00. The van der Waals surface area contributed by atoms with E-state index in [-0.39, 0.29) is 5.91 Å². The minimum Gasteiger partial charge on any atom is -0.444 e. The molecule has 0 fully saturated rings. The monoisotopic (exact) mass is 375 g/mol. The quantitative estimate of drug-likeness (QED) is 0.713. The van der Waals surface area contributed by atoms with Gasteiger partial charge in [0, 0.05) is 19.5 Å². The van der Waals surface area contributed by atoms with E-state index in [9.17, 15) is 4.79 Å². The van der Waals surface area contributed by atoms with Gasteiger partial charge in [-0.15, -0.1) is 0 Å². The number of carbonyl (C=O) groups excluding carboxylic acids is 1. The number of nitrogens with one attached hydrogen (secondary N) is 1. The molecule has 2 aromatic heterocycles. The number of hydrogen-bond acceptors (Lipinski definition) is 3. The van der Waals surface area contributed by atoms with Crippen molar-refractivity contribution >= 4 is 32.9 Å². The maximum absolute atomic E-state index is 12.0. The highest BCUT2D eigenvalue weighted by molar-refractivity contribution is 9.10. The minimum absolute atomic E-state index is 0.214. The van der Waals surface area contributed by atoms with Gasteiger partial charge >= 0.3 is 0 Å². The van der Waals surface area contributed by atoms with Crippen molar-refractivity contribution in [3.8, 4) is 0 Å². The molecule has 120 valence electrons. The van der Waals surface area contributed by atoms with Gasteiger partial charge in [0.25, 0.3) is 5.91 Å². The van der Waals surface area contributed by atoms with Crippen molar-refractivity contribution < 1.29 is 9.21 Å². The van der Waals surface area contributed by atoms with Crippen molar-refractivity contribution in [3.05, 3.63) is 52.7 Å². The van der Waals surface area contributed by atoms with E-state index in [1.807, 2.05) is 18.2 Å². The fraction of sp³-hybridized carbons (Fsp3) is 0.294. The molecule has 0 atom stereocenters. The van der Waals surface area contributed by atoms with Crippen LogP contribution in [0.25, 0.3) is 11.0 Å². The van der Waals surface area contributed by atoms with Gasteiger partial charge in [0.2, 0.25) is 0 Å². The smallest absolute Gasteiger partial charge is 0.287 e.